The Kier molecular flexibility index (Phi) is 5.90. The SMILES string of the molecule is CCCCN(C)C(=O)c1cc(Nc2ccc(C)cc2C)nc(C)n1. The first-order chi connectivity index (χ1) is 11.4. The summed E-state index contributed by atoms with van der Waals surface area (Å²) in [6.07, 6.45) is 2.04. The molecule has 0 aliphatic rings. The maximum absolute atomic E-state index is 12.5. The summed E-state index contributed by atoms with van der Waals surface area (Å²) in [6, 6.07) is 7.91. The molecule has 0 aliphatic heterocycles. The molecule has 0 aliphatic carbocycles. The molecule has 24 heavy (non-hydrogen) atoms. The number of carbonyl (C=O) groups excluding carboxylic acids is 1. The Labute approximate surface area is 144 Å². The van der Waals surface area contributed by atoms with E-state index in [1.54, 1.807) is 17.9 Å². The minimum atomic E-state index is -0.0716. The van der Waals surface area contributed by atoms with Crippen LogP contribution in [0.3, 0.4) is 0 Å². The molecule has 1 amide bonds. The number of carbonyl (C=O) groups is 1. The lowest BCUT2D eigenvalue weighted by molar-refractivity contribution is 0.0787. The van der Waals surface area contributed by atoms with Gasteiger partial charge in [0.25, 0.3) is 5.91 Å². The number of rotatable bonds is 6. The van der Waals surface area contributed by atoms with E-state index in [9.17, 15) is 4.79 Å². The summed E-state index contributed by atoms with van der Waals surface area (Å²) in [6.45, 7) is 8.76. The van der Waals surface area contributed by atoms with E-state index in [0.717, 1.165) is 30.6 Å². The number of hydrogen-bond acceptors (Lipinski definition) is 4. The zero-order chi connectivity index (χ0) is 17.7. The molecule has 0 saturated carbocycles. The van der Waals surface area contributed by atoms with Crippen LogP contribution >= 0.6 is 0 Å². The minimum Gasteiger partial charge on any atom is -0.340 e. The van der Waals surface area contributed by atoms with Crippen LogP contribution in [-0.2, 0) is 0 Å². The third-order valence-corrected chi connectivity index (χ3v) is 3.90. The van der Waals surface area contributed by atoms with Gasteiger partial charge in [0.15, 0.2) is 0 Å². The highest BCUT2D eigenvalue weighted by Gasteiger charge is 2.15. The van der Waals surface area contributed by atoms with E-state index in [4.69, 9.17) is 0 Å². The van der Waals surface area contributed by atoms with E-state index < -0.39 is 0 Å². The first kappa shape index (κ1) is 17.9. The molecule has 1 aromatic carbocycles. The van der Waals surface area contributed by atoms with Crippen molar-refractivity contribution in [3.05, 3.63) is 46.9 Å². The van der Waals surface area contributed by atoms with Crippen molar-refractivity contribution in [2.75, 3.05) is 18.9 Å². The molecule has 128 valence electrons. The lowest BCUT2D eigenvalue weighted by Crippen LogP contribution is -2.28. The molecule has 1 heterocycles. The van der Waals surface area contributed by atoms with Crippen LogP contribution < -0.4 is 5.32 Å². The normalized spacial score (nSPS) is 10.5. The molecule has 1 N–H and O–H groups in total. The van der Waals surface area contributed by atoms with E-state index in [2.05, 4.69) is 35.2 Å². The van der Waals surface area contributed by atoms with Gasteiger partial charge < -0.3 is 10.2 Å². The van der Waals surface area contributed by atoms with Gasteiger partial charge in [-0.1, -0.05) is 31.0 Å². The number of amides is 1. The second-order valence-electron chi connectivity index (χ2n) is 6.21. The highest BCUT2D eigenvalue weighted by Crippen LogP contribution is 2.21. The zero-order valence-corrected chi connectivity index (χ0v) is 15.2. The largest absolute Gasteiger partial charge is 0.340 e. The molecule has 2 aromatic rings. The monoisotopic (exact) mass is 326 g/mol. The predicted molar refractivity (Wildman–Crippen MR) is 97.8 cm³/mol. The van der Waals surface area contributed by atoms with Crippen molar-refractivity contribution in [3.63, 3.8) is 0 Å². The number of benzene rings is 1. The van der Waals surface area contributed by atoms with Crippen LogP contribution in [0.1, 0.15) is 47.2 Å². The fourth-order valence-corrected chi connectivity index (χ4v) is 2.53. The van der Waals surface area contributed by atoms with Crippen LogP contribution in [0.15, 0.2) is 24.3 Å². The van der Waals surface area contributed by atoms with Gasteiger partial charge in [0.1, 0.15) is 17.3 Å². The molecular formula is C19H26N4O. The lowest BCUT2D eigenvalue weighted by atomic mass is 10.1. The smallest absolute Gasteiger partial charge is 0.272 e. The van der Waals surface area contributed by atoms with Gasteiger partial charge in [0.2, 0.25) is 0 Å². The quantitative estimate of drug-likeness (QED) is 0.871. The Balaban J connectivity index is 2.23. The van der Waals surface area contributed by atoms with Gasteiger partial charge in [-0.2, -0.15) is 0 Å². The summed E-state index contributed by atoms with van der Waals surface area (Å²) in [5, 5.41) is 3.30. The van der Waals surface area contributed by atoms with Crippen molar-refractivity contribution in [1.29, 1.82) is 0 Å². The number of unbranched alkanes of at least 4 members (excludes halogenated alkanes) is 1. The van der Waals surface area contributed by atoms with E-state index in [1.165, 1.54) is 5.56 Å². The minimum absolute atomic E-state index is 0.0716. The Morgan fingerprint density at radius 1 is 1.17 bits per heavy atom. The van der Waals surface area contributed by atoms with Crippen molar-refractivity contribution in [2.45, 2.75) is 40.5 Å². The van der Waals surface area contributed by atoms with Gasteiger partial charge in [-0.15, -0.1) is 0 Å². The standard InChI is InChI=1S/C19H26N4O/c1-6-7-10-23(5)19(24)17-12-18(21-15(4)20-17)22-16-9-8-13(2)11-14(16)3/h8-9,11-12H,6-7,10H2,1-5H3,(H,20,21,22). The fourth-order valence-electron chi connectivity index (χ4n) is 2.53. The first-order valence-electron chi connectivity index (χ1n) is 8.36. The third-order valence-electron chi connectivity index (χ3n) is 3.90. The van der Waals surface area contributed by atoms with Crippen molar-refractivity contribution < 1.29 is 4.79 Å². The van der Waals surface area contributed by atoms with Crippen LogP contribution in [0, 0.1) is 20.8 Å². The topological polar surface area (TPSA) is 58.1 Å². The van der Waals surface area contributed by atoms with Crippen LogP contribution in [0.25, 0.3) is 0 Å². The molecule has 5 nitrogen and oxygen atoms in total. The maximum Gasteiger partial charge on any atom is 0.272 e. The molecule has 5 heteroatoms. The average molecular weight is 326 g/mol. The fraction of sp³-hybridized carbons (Fsp3) is 0.421. The van der Waals surface area contributed by atoms with E-state index in [1.807, 2.05) is 26.1 Å². The second-order valence-corrected chi connectivity index (χ2v) is 6.21. The molecule has 0 spiro atoms. The lowest BCUT2D eigenvalue weighted by Gasteiger charge is -2.17. The summed E-state index contributed by atoms with van der Waals surface area (Å²) < 4.78 is 0. The van der Waals surface area contributed by atoms with Crippen molar-refractivity contribution in [1.82, 2.24) is 14.9 Å². The van der Waals surface area contributed by atoms with Crippen LogP contribution in [0.5, 0.6) is 0 Å². The van der Waals surface area contributed by atoms with Crippen LogP contribution in [0.2, 0.25) is 0 Å². The van der Waals surface area contributed by atoms with Gasteiger partial charge >= 0.3 is 0 Å². The van der Waals surface area contributed by atoms with Crippen LogP contribution in [-0.4, -0.2) is 34.4 Å². The van der Waals surface area contributed by atoms with Crippen molar-refractivity contribution in [3.8, 4) is 0 Å². The average Bonchev–Trinajstić information content (AvgIpc) is 2.54. The zero-order valence-electron chi connectivity index (χ0n) is 15.2. The van der Waals surface area contributed by atoms with Gasteiger partial charge in [0.05, 0.1) is 0 Å². The highest BCUT2D eigenvalue weighted by atomic mass is 16.2. The summed E-state index contributed by atoms with van der Waals surface area (Å²) in [7, 11) is 1.81. The number of anilines is 2. The predicted octanol–water partition coefficient (Wildman–Crippen LogP) is 4.02. The molecule has 2 rings (SSSR count). The highest BCUT2D eigenvalue weighted by molar-refractivity contribution is 5.93. The third kappa shape index (κ3) is 4.54. The van der Waals surface area contributed by atoms with E-state index >= 15 is 0 Å². The molecule has 0 unspecified atom stereocenters. The first-order valence-corrected chi connectivity index (χ1v) is 8.36. The Morgan fingerprint density at radius 3 is 2.58 bits per heavy atom. The van der Waals surface area contributed by atoms with E-state index in [0.29, 0.717) is 17.3 Å². The Bertz CT molecular complexity index is 727. The van der Waals surface area contributed by atoms with Crippen LogP contribution in [0.4, 0.5) is 11.5 Å². The van der Waals surface area contributed by atoms with Crippen molar-refractivity contribution >= 4 is 17.4 Å². The Hall–Kier alpha value is -2.43. The second kappa shape index (κ2) is 7.90. The summed E-state index contributed by atoms with van der Waals surface area (Å²) >= 11 is 0. The Morgan fingerprint density at radius 2 is 1.92 bits per heavy atom. The number of nitrogens with one attached hydrogen (secondary N) is 1. The molecule has 0 saturated heterocycles. The van der Waals surface area contributed by atoms with Crippen molar-refractivity contribution in [2.24, 2.45) is 0 Å². The maximum atomic E-state index is 12.5. The van der Waals surface area contributed by atoms with Gasteiger partial charge in [-0.25, -0.2) is 9.97 Å². The summed E-state index contributed by atoms with van der Waals surface area (Å²) in [4.78, 5) is 22.9. The molecule has 0 radical (unpaired) electrons. The number of hydrogen-bond donors (Lipinski definition) is 1. The summed E-state index contributed by atoms with van der Waals surface area (Å²) in [5.41, 5.74) is 3.76. The number of nitrogens with zero attached hydrogens (tertiary/aromatic N) is 3. The summed E-state index contributed by atoms with van der Waals surface area (Å²) in [5.74, 6) is 1.15. The molecular weight excluding hydrogens is 300 g/mol. The molecule has 0 atom stereocenters. The van der Waals surface area contributed by atoms with Gasteiger partial charge in [-0.05, 0) is 38.8 Å². The van der Waals surface area contributed by atoms with Gasteiger partial charge in [-0.3, -0.25) is 4.79 Å². The molecule has 0 fully saturated rings. The number of aryl methyl sites for hydroxylation is 3. The molecule has 0 bridgehead atoms. The van der Waals surface area contributed by atoms with E-state index in [-0.39, 0.29) is 5.91 Å². The number of aromatic nitrogens is 2. The molecule has 1 aromatic heterocycles. The van der Waals surface area contributed by atoms with Gasteiger partial charge in [0, 0.05) is 25.3 Å².